The number of aliphatic hydroxyl groups is 1. The van der Waals surface area contributed by atoms with Crippen LogP contribution in [0.5, 0.6) is 0 Å². The number of piperidine rings is 1. The molecule has 1 aromatic carbocycles. The zero-order chi connectivity index (χ0) is 16.7. The number of aliphatic hydroxyl groups excluding tert-OH is 1. The minimum Gasteiger partial charge on any atom is -0.396 e. The zero-order valence-corrected chi connectivity index (χ0v) is 14.0. The summed E-state index contributed by atoms with van der Waals surface area (Å²) in [5.41, 5.74) is 0.751. The summed E-state index contributed by atoms with van der Waals surface area (Å²) in [7, 11) is 0. The van der Waals surface area contributed by atoms with Crippen molar-refractivity contribution in [2.24, 2.45) is 17.3 Å². The number of carbonyl (C=O) groups is 1. The van der Waals surface area contributed by atoms with Crippen molar-refractivity contribution >= 4 is 5.91 Å². The Morgan fingerprint density at radius 2 is 2.12 bits per heavy atom. The fourth-order valence-corrected chi connectivity index (χ4v) is 4.49. The monoisotopic (exact) mass is 332 g/mol. The highest BCUT2D eigenvalue weighted by Gasteiger charge is 2.51. The van der Waals surface area contributed by atoms with Gasteiger partial charge in [0.05, 0.1) is 6.61 Å². The molecule has 4 nitrogen and oxygen atoms in total. The highest BCUT2D eigenvalue weighted by atomic mass is 19.1. The van der Waals surface area contributed by atoms with E-state index in [1.807, 2.05) is 11.0 Å². The summed E-state index contributed by atoms with van der Waals surface area (Å²) in [6.07, 6.45) is 3.04. The van der Waals surface area contributed by atoms with Crippen LogP contribution < -0.4 is 0 Å². The van der Waals surface area contributed by atoms with Gasteiger partial charge in [0.15, 0.2) is 0 Å². The van der Waals surface area contributed by atoms with E-state index in [1.54, 1.807) is 12.1 Å². The van der Waals surface area contributed by atoms with Gasteiger partial charge < -0.3 is 10.0 Å². The van der Waals surface area contributed by atoms with E-state index in [2.05, 4.69) is 4.90 Å². The lowest BCUT2D eigenvalue weighted by molar-refractivity contribution is -0.132. The van der Waals surface area contributed by atoms with Gasteiger partial charge in [-0.1, -0.05) is 12.1 Å². The molecule has 1 N–H and O–H groups in total. The predicted octanol–water partition coefficient (Wildman–Crippen LogP) is 1.88. The van der Waals surface area contributed by atoms with Crippen LogP contribution in [0.2, 0.25) is 0 Å². The lowest BCUT2D eigenvalue weighted by Crippen LogP contribution is -2.50. The Bertz CT molecular complexity index is 634. The number of carbonyl (C=O) groups excluding carboxylic acids is 1. The molecule has 1 aliphatic carbocycles. The molecule has 3 aliphatic rings. The third-order valence-corrected chi connectivity index (χ3v) is 5.99. The van der Waals surface area contributed by atoms with Crippen LogP contribution in [0, 0.1) is 23.1 Å². The number of halogens is 1. The van der Waals surface area contributed by atoms with Crippen molar-refractivity contribution in [3.8, 4) is 0 Å². The first-order valence-electron chi connectivity index (χ1n) is 8.96. The smallest absolute Gasteiger partial charge is 0.225 e. The van der Waals surface area contributed by atoms with Crippen LogP contribution in [-0.2, 0) is 11.3 Å². The molecule has 2 aliphatic heterocycles. The second kappa shape index (κ2) is 6.12. The van der Waals surface area contributed by atoms with Crippen molar-refractivity contribution in [2.75, 3.05) is 32.8 Å². The van der Waals surface area contributed by atoms with Crippen LogP contribution >= 0.6 is 0 Å². The van der Waals surface area contributed by atoms with Gasteiger partial charge in [-0.2, -0.15) is 0 Å². The summed E-state index contributed by atoms with van der Waals surface area (Å²) in [4.78, 5) is 16.7. The summed E-state index contributed by atoms with van der Waals surface area (Å²) in [5, 5.41) is 10.1. The van der Waals surface area contributed by atoms with E-state index in [-0.39, 0.29) is 29.7 Å². The Morgan fingerprint density at radius 1 is 1.29 bits per heavy atom. The topological polar surface area (TPSA) is 43.8 Å². The Balaban J connectivity index is 1.46. The molecule has 1 amide bonds. The first kappa shape index (κ1) is 16.0. The summed E-state index contributed by atoms with van der Waals surface area (Å²) in [5.74, 6) is 0.702. The first-order chi connectivity index (χ1) is 11.6. The average molecular weight is 332 g/mol. The van der Waals surface area contributed by atoms with Crippen LogP contribution in [-0.4, -0.2) is 53.6 Å². The minimum atomic E-state index is -0.212. The maximum Gasteiger partial charge on any atom is 0.225 e. The van der Waals surface area contributed by atoms with Gasteiger partial charge in [0.2, 0.25) is 5.91 Å². The summed E-state index contributed by atoms with van der Waals surface area (Å²) >= 11 is 0. The molecular formula is C19H25FN2O2. The maximum absolute atomic E-state index is 13.4. The van der Waals surface area contributed by atoms with Gasteiger partial charge in [0, 0.05) is 37.5 Å². The molecule has 0 aromatic heterocycles. The van der Waals surface area contributed by atoms with E-state index in [0.29, 0.717) is 19.0 Å². The van der Waals surface area contributed by atoms with Crippen LogP contribution in [0.1, 0.15) is 24.8 Å². The predicted molar refractivity (Wildman–Crippen MR) is 88.6 cm³/mol. The third-order valence-electron chi connectivity index (χ3n) is 5.99. The summed E-state index contributed by atoms with van der Waals surface area (Å²) < 4.78 is 13.4. The van der Waals surface area contributed by atoms with Gasteiger partial charge in [-0.05, 0) is 49.4 Å². The van der Waals surface area contributed by atoms with Crippen LogP contribution in [0.3, 0.4) is 0 Å². The molecule has 5 heteroatoms. The van der Waals surface area contributed by atoms with E-state index in [9.17, 15) is 14.3 Å². The van der Waals surface area contributed by atoms with Gasteiger partial charge in [-0.25, -0.2) is 4.39 Å². The van der Waals surface area contributed by atoms with Crippen LogP contribution in [0.4, 0.5) is 4.39 Å². The second-order valence-electron chi connectivity index (χ2n) is 7.84. The molecule has 0 unspecified atom stereocenters. The fraction of sp³-hybridized carbons (Fsp3) is 0.632. The first-order valence-corrected chi connectivity index (χ1v) is 8.96. The molecule has 1 aromatic rings. The molecule has 2 atom stereocenters. The average Bonchev–Trinajstić information content (AvgIpc) is 3.34. The van der Waals surface area contributed by atoms with Crippen molar-refractivity contribution in [1.29, 1.82) is 0 Å². The Kier molecular flexibility index (Phi) is 4.09. The summed E-state index contributed by atoms with van der Waals surface area (Å²) in [6, 6.07) is 6.72. The number of hydrogen-bond acceptors (Lipinski definition) is 3. The number of hydrogen-bond donors (Lipinski definition) is 1. The number of nitrogens with zero attached hydrogens (tertiary/aromatic N) is 2. The number of fused-ring (bicyclic) bond motifs is 1. The van der Waals surface area contributed by atoms with Crippen LogP contribution in [0.25, 0.3) is 0 Å². The lowest BCUT2D eigenvalue weighted by atomic mass is 9.74. The van der Waals surface area contributed by atoms with Gasteiger partial charge in [-0.3, -0.25) is 9.69 Å². The SMILES string of the molecule is O=C(C1CC1)N1C[C@@H]2CCN(Cc3cccc(F)c3)C[C@]2(CO)C1. The van der Waals surface area contributed by atoms with Crippen LogP contribution in [0.15, 0.2) is 24.3 Å². The van der Waals surface area contributed by atoms with Gasteiger partial charge in [-0.15, -0.1) is 0 Å². The van der Waals surface area contributed by atoms with Crippen molar-refractivity contribution in [1.82, 2.24) is 9.80 Å². The quantitative estimate of drug-likeness (QED) is 0.916. The normalized spacial score (nSPS) is 30.4. The molecule has 2 heterocycles. The van der Waals surface area contributed by atoms with E-state index in [0.717, 1.165) is 44.5 Å². The lowest BCUT2D eigenvalue weighted by Gasteiger charge is -2.43. The van der Waals surface area contributed by atoms with Crippen molar-refractivity contribution in [2.45, 2.75) is 25.8 Å². The van der Waals surface area contributed by atoms with Crippen molar-refractivity contribution in [3.05, 3.63) is 35.6 Å². The van der Waals surface area contributed by atoms with Gasteiger partial charge in [0.25, 0.3) is 0 Å². The minimum absolute atomic E-state index is 0.117. The van der Waals surface area contributed by atoms with E-state index in [4.69, 9.17) is 0 Å². The fourth-order valence-electron chi connectivity index (χ4n) is 4.49. The Labute approximate surface area is 142 Å². The van der Waals surface area contributed by atoms with Crippen molar-refractivity contribution < 1.29 is 14.3 Å². The third kappa shape index (κ3) is 2.95. The molecular weight excluding hydrogens is 307 g/mol. The number of rotatable bonds is 4. The zero-order valence-electron chi connectivity index (χ0n) is 14.0. The second-order valence-corrected chi connectivity index (χ2v) is 7.84. The standard InChI is InChI=1S/C19H25FN2O2/c20-17-3-1-2-14(8-17)9-21-7-6-16-10-22(18(24)15-4-5-15)12-19(16,11-21)13-23/h1-3,8,15-16,23H,4-7,9-13H2/t16-,19+/m0/s1. The Hall–Kier alpha value is -1.46. The molecule has 3 fully saturated rings. The largest absolute Gasteiger partial charge is 0.396 e. The molecule has 0 spiro atoms. The molecule has 0 bridgehead atoms. The maximum atomic E-state index is 13.4. The molecule has 0 radical (unpaired) electrons. The highest BCUT2D eigenvalue weighted by Crippen LogP contribution is 2.44. The molecule has 130 valence electrons. The number of likely N-dealkylation sites (tertiary alicyclic amines) is 2. The molecule has 2 saturated heterocycles. The molecule has 4 rings (SSSR count). The van der Waals surface area contributed by atoms with Gasteiger partial charge >= 0.3 is 0 Å². The van der Waals surface area contributed by atoms with E-state index < -0.39 is 0 Å². The molecule has 1 saturated carbocycles. The van der Waals surface area contributed by atoms with Crippen molar-refractivity contribution in [3.63, 3.8) is 0 Å². The Morgan fingerprint density at radius 3 is 2.83 bits per heavy atom. The number of benzene rings is 1. The summed E-state index contributed by atoms with van der Waals surface area (Å²) in [6.45, 7) is 3.99. The highest BCUT2D eigenvalue weighted by molar-refractivity contribution is 5.81. The van der Waals surface area contributed by atoms with Gasteiger partial charge in [0.1, 0.15) is 5.82 Å². The van der Waals surface area contributed by atoms with E-state index >= 15 is 0 Å². The van der Waals surface area contributed by atoms with E-state index in [1.165, 1.54) is 6.07 Å². The molecule has 24 heavy (non-hydrogen) atoms. The number of amides is 1.